The first-order valence-electron chi connectivity index (χ1n) is 7.93. The third-order valence-corrected chi connectivity index (χ3v) is 5.76. The Morgan fingerprint density at radius 1 is 1.08 bits per heavy atom. The molecule has 1 aliphatic rings. The van der Waals surface area contributed by atoms with Crippen molar-refractivity contribution in [3.8, 4) is 11.1 Å². The van der Waals surface area contributed by atoms with E-state index in [1.165, 1.54) is 11.8 Å². The number of rotatable bonds is 4. The predicted molar refractivity (Wildman–Crippen MR) is 100 cm³/mol. The quantitative estimate of drug-likeness (QED) is 0.875. The van der Waals surface area contributed by atoms with Crippen LogP contribution in [-0.2, 0) is 11.2 Å². The number of primary amides is 1. The molecule has 25 heavy (non-hydrogen) atoms. The van der Waals surface area contributed by atoms with Crippen molar-refractivity contribution in [2.45, 2.75) is 25.0 Å². The summed E-state index contributed by atoms with van der Waals surface area (Å²) >= 11 is 1.18. The van der Waals surface area contributed by atoms with Gasteiger partial charge < -0.3 is 10.8 Å². The topological polar surface area (TPSA) is 80.4 Å². The molecule has 1 amide bonds. The zero-order chi connectivity index (χ0) is 18.2. The third kappa shape index (κ3) is 3.33. The molecule has 2 aromatic rings. The van der Waals surface area contributed by atoms with Crippen LogP contribution in [0.2, 0.25) is 0 Å². The Balaban J connectivity index is 1.79. The molecule has 3 rings (SSSR count). The summed E-state index contributed by atoms with van der Waals surface area (Å²) in [6, 6.07) is 15.1. The normalized spacial score (nSPS) is 20.2. The number of benzene rings is 2. The summed E-state index contributed by atoms with van der Waals surface area (Å²) in [5.41, 5.74) is 9.24. The highest BCUT2D eigenvalue weighted by molar-refractivity contribution is 8.15. The Labute approximate surface area is 150 Å². The van der Waals surface area contributed by atoms with Crippen LogP contribution in [0, 0.1) is 0 Å². The highest BCUT2D eigenvalue weighted by atomic mass is 32.2. The number of nitrogens with two attached hydrogens (primary N) is 1. The lowest BCUT2D eigenvalue weighted by molar-refractivity contribution is -0.107. The molecule has 0 spiro atoms. The minimum atomic E-state index is -0.605. The van der Waals surface area contributed by atoms with Gasteiger partial charge in [-0.15, -0.1) is 0 Å². The van der Waals surface area contributed by atoms with Crippen molar-refractivity contribution in [3.63, 3.8) is 0 Å². The largest absolute Gasteiger partial charge is 0.510 e. The molecule has 1 aliphatic heterocycles. The van der Waals surface area contributed by atoms with Crippen molar-refractivity contribution in [3.05, 3.63) is 71.0 Å². The van der Waals surface area contributed by atoms with Crippen LogP contribution in [0.4, 0.5) is 0 Å². The highest BCUT2D eigenvalue weighted by Crippen LogP contribution is 2.44. The molecular weight excluding hydrogens is 334 g/mol. The van der Waals surface area contributed by atoms with E-state index < -0.39 is 10.7 Å². The standard InChI is InChI=1S/C20H19NO3S/c1-12-17(22)20(2,25-19(12)24)11-13-3-5-14(6-4-13)15-7-9-16(10-8-15)18(21)23/h3-10,22H,11H2,1-2H3,(H2,21,23). The van der Waals surface area contributed by atoms with E-state index in [0.29, 0.717) is 17.6 Å². The minimum Gasteiger partial charge on any atom is -0.510 e. The van der Waals surface area contributed by atoms with Gasteiger partial charge in [0.25, 0.3) is 0 Å². The van der Waals surface area contributed by atoms with Crippen molar-refractivity contribution in [2.75, 3.05) is 0 Å². The van der Waals surface area contributed by atoms with Crippen molar-refractivity contribution in [1.82, 2.24) is 0 Å². The number of amides is 1. The Bertz CT molecular complexity index is 869. The average Bonchev–Trinajstić information content (AvgIpc) is 2.78. The smallest absolute Gasteiger partial charge is 0.248 e. The molecule has 1 unspecified atom stereocenters. The Morgan fingerprint density at radius 3 is 2.04 bits per heavy atom. The number of aliphatic hydroxyl groups is 1. The van der Waals surface area contributed by atoms with E-state index >= 15 is 0 Å². The van der Waals surface area contributed by atoms with E-state index in [4.69, 9.17) is 5.73 Å². The minimum absolute atomic E-state index is 0.0637. The lowest BCUT2D eigenvalue weighted by atomic mass is 9.94. The molecule has 0 radical (unpaired) electrons. The maximum absolute atomic E-state index is 11.8. The van der Waals surface area contributed by atoms with E-state index in [9.17, 15) is 14.7 Å². The lowest BCUT2D eigenvalue weighted by Gasteiger charge is -2.22. The molecule has 1 atom stereocenters. The van der Waals surface area contributed by atoms with Crippen LogP contribution in [0.25, 0.3) is 11.1 Å². The van der Waals surface area contributed by atoms with Crippen LogP contribution >= 0.6 is 11.8 Å². The van der Waals surface area contributed by atoms with Crippen molar-refractivity contribution < 1.29 is 14.7 Å². The Hall–Kier alpha value is -2.53. The number of hydrogen-bond donors (Lipinski definition) is 2. The molecule has 0 fully saturated rings. The second-order valence-electron chi connectivity index (χ2n) is 6.41. The summed E-state index contributed by atoms with van der Waals surface area (Å²) in [5.74, 6) is -0.268. The summed E-state index contributed by atoms with van der Waals surface area (Å²) in [4.78, 5) is 23.0. The molecule has 5 heteroatoms. The summed E-state index contributed by atoms with van der Waals surface area (Å²) in [6.45, 7) is 3.55. The zero-order valence-electron chi connectivity index (χ0n) is 14.1. The van der Waals surface area contributed by atoms with Gasteiger partial charge in [-0.05, 0) is 49.1 Å². The average molecular weight is 353 g/mol. The Morgan fingerprint density at radius 2 is 1.60 bits per heavy atom. The monoisotopic (exact) mass is 353 g/mol. The molecular formula is C20H19NO3S. The van der Waals surface area contributed by atoms with E-state index in [1.807, 2.05) is 43.3 Å². The first-order valence-corrected chi connectivity index (χ1v) is 8.75. The highest BCUT2D eigenvalue weighted by Gasteiger charge is 2.41. The van der Waals surface area contributed by atoms with Gasteiger partial charge in [0.2, 0.25) is 11.0 Å². The van der Waals surface area contributed by atoms with Gasteiger partial charge in [-0.25, -0.2) is 0 Å². The first-order chi connectivity index (χ1) is 11.8. The molecule has 0 saturated carbocycles. The predicted octanol–water partition coefficient (Wildman–Crippen LogP) is 3.86. The van der Waals surface area contributed by atoms with Gasteiger partial charge >= 0.3 is 0 Å². The van der Waals surface area contributed by atoms with Crippen molar-refractivity contribution >= 4 is 22.8 Å². The number of hydrogen-bond acceptors (Lipinski definition) is 4. The summed E-state index contributed by atoms with van der Waals surface area (Å²) < 4.78 is -0.605. The van der Waals surface area contributed by atoms with E-state index in [2.05, 4.69) is 0 Å². The fourth-order valence-electron chi connectivity index (χ4n) is 2.97. The van der Waals surface area contributed by atoms with E-state index in [0.717, 1.165) is 16.7 Å². The number of aliphatic hydroxyl groups excluding tert-OH is 1. The van der Waals surface area contributed by atoms with Gasteiger partial charge in [-0.3, -0.25) is 9.59 Å². The van der Waals surface area contributed by atoms with Crippen LogP contribution in [0.1, 0.15) is 29.8 Å². The van der Waals surface area contributed by atoms with Crippen LogP contribution in [0.3, 0.4) is 0 Å². The summed E-state index contributed by atoms with van der Waals surface area (Å²) in [5, 5.41) is 10.2. The molecule has 0 aliphatic carbocycles. The van der Waals surface area contributed by atoms with Gasteiger partial charge in [0.1, 0.15) is 5.76 Å². The fourth-order valence-corrected chi connectivity index (χ4v) is 4.12. The van der Waals surface area contributed by atoms with Gasteiger partial charge in [0.05, 0.1) is 4.75 Å². The summed E-state index contributed by atoms with van der Waals surface area (Å²) in [7, 11) is 0. The van der Waals surface area contributed by atoms with E-state index in [-0.39, 0.29) is 10.9 Å². The second kappa shape index (κ2) is 6.41. The lowest BCUT2D eigenvalue weighted by Crippen LogP contribution is -2.23. The number of carbonyl (C=O) groups excluding carboxylic acids is 2. The van der Waals surface area contributed by atoms with Crippen LogP contribution in [-0.4, -0.2) is 20.9 Å². The maximum atomic E-state index is 11.8. The summed E-state index contributed by atoms with van der Waals surface area (Å²) in [6.07, 6.45) is 0.577. The fraction of sp³-hybridized carbons (Fsp3) is 0.200. The molecule has 0 aromatic heterocycles. The maximum Gasteiger partial charge on any atom is 0.248 e. The molecule has 3 N–H and O–H groups in total. The van der Waals surface area contributed by atoms with Gasteiger partial charge in [0, 0.05) is 11.1 Å². The van der Waals surface area contributed by atoms with Gasteiger partial charge in [-0.2, -0.15) is 0 Å². The van der Waals surface area contributed by atoms with Crippen molar-refractivity contribution in [1.29, 1.82) is 0 Å². The molecule has 2 aromatic carbocycles. The van der Waals surface area contributed by atoms with Crippen LogP contribution in [0.15, 0.2) is 59.9 Å². The molecule has 4 nitrogen and oxygen atoms in total. The number of thioether (sulfide) groups is 1. The molecule has 1 heterocycles. The SMILES string of the molecule is CC1=C(O)C(C)(Cc2ccc(-c3ccc(C(N)=O)cc3)cc2)SC1=O. The molecule has 0 bridgehead atoms. The zero-order valence-corrected chi connectivity index (χ0v) is 14.9. The van der Waals surface area contributed by atoms with E-state index in [1.54, 1.807) is 19.1 Å². The molecule has 0 saturated heterocycles. The first kappa shape index (κ1) is 17.3. The third-order valence-electron chi connectivity index (χ3n) is 4.48. The Kier molecular flexibility index (Phi) is 4.43. The number of carbonyl (C=O) groups is 2. The van der Waals surface area contributed by atoms with Gasteiger partial charge in [-0.1, -0.05) is 48.2 Å². The van der Waals surface area contributed by atoms with Crippen LogP contribution in [0.5, 0.6) is 0 Å². The van der Waals surface area contributed by atoms with Gasteiger partial charge in [0.15, 0.2) is 0 Å². The van der Waals surface area contributed by atoms with Crippen molar-refractivity contribution in [2.24, 2.45) is 5.73 Å². The van der Waals surface area contributed by atoms with Crippen LogP contribution < -0.4 is 5.73 Å². The second-order valence-corrected chi connectivity index (χ2v) is 7.89. The molecule has 128 valence electrons.